The van der Waals surface area contributed by atoms with Gasteiger partial charge in [-0.25, -0.2) is 4.79 Å². The second kappa shape index (κ2) is 11.5. The van der Waals surface area contributed by atoms with Crippen molar-refractivity contribution < 1.29 is 29.0 Å². The Hall–Kier alpha value is -4.17. The summed E-state index contributed by atoms with van der Waals surface area (Å²) >= 11 is 0. The fourth-order valence-electron chi connectivity index (χ4n) is 5.59. The maximum absolute atomic E-state index is 13.5. The largest absolute Gasteiger partial charge is 0.481 e. The first-order chi connectivity index (χ1) is 19.3. The molecule has 3 aromatic carbocycles. The van der Waals surface area contributed by atoms with E-state index in [0.29, 0.717) is 6.42 Å². The molecule has 1 fully saturated rings. The Morgan fingerprint density at radius 3 is 2.10 bits per heavy atom. The van der Waals surface area contributed by atoms with E-state index in [0.717, 1.165) is 27.8 Å². The summed E-state index contributed by atoms with van der Waals surface area (Å²) in [6.07, 6.45) is -0.998. The SMILES string of the molecule is CCC1(C(=O)O)CN(C(=O)[C@H](NC(=O)OCC2c3ccccc3-c3ccccc32)[C@H](C)OCc2ccccc2)C1. The number of benzene rings is 3. The van der Waals surface area contributed by atoms with Crippen LogP contribution in [0, 0.1) is 5.41 Å². The Bertz CT molecular complexity index is 1340. The summed E-state index contributed by atoms with van der Waals surface area (Å²) in [4.78, 5) is 39.8. The van der Waals surface area contributed by atoms with Crippen LogP contribution >= 0.6 is 0 Å². The highest BCUT2D eigenvalue weighted by Crippen LogP contribution is 2.44. The standard InChI is InChI=1S/C32H34N2O6/c1-3-32(30(36)37)19-34(20-32)29(35)28(21(2)39-17-22-11-5-4-6-12-22)33-31(38)40-18-27-25-15-9-7-13-23(25)24-14-8-10-16-26(24)27/h4-16,21,27-28H,3,17-20H2,1-2H3,(H,33,38)(H,36,37)/t21-,28+/m0/s1. The summed E-state index contributed by atoms with van der Waals surface area (Å²) in [6.45, 7) is 4.07. The number of amides is 2. The number of rotatable bonds is 10. The Labute approximate surface area is 233 Å². The molecule has 5 rings (SSSR count). The lowest BCUT2D eigenvalue weighted by molar-refractivity contribution is -0.168. The third-order valence-electron chi connectivity index (χ3n) is 8.14. The van der Waals surface area contributed by atoms with E-state index in [4.69, 9.17) is 9.47 Å². The van der Waals surface area contributed by atoms with Gasteiger partial charge in [-0.1, -0.05) is 85.8 Å². The molecule has 0 saturated carbocycles. The van der Waals surface area contributed by atoms with Crippen LogP contribution in [0.1, 0.15) is 42.9 Å². The van der Waals surface area contributed by atoms with Crippen molar-refractivity contribution in [1.82, 2.24) is 10.2 Å². The summed E-state index contributed by atoms with van der Waals surface area (Å²) in [6, 6.07) is 24.6. The fraction of sp³-hybridized carbons (Fsp3) is 0.344. The molecule has 0 unspecified atom stereocenters. The highest BCUT2D eigenvalue weighted by molar-refractivity contribution is 5.89. The average molecular weight is 543 g/mol. The molecule has 208 valence electrons. The summed E-state index contributed by atoms with van der Waals surface area (Å²) in [7, 11) is 0. The van der Waals surface area contributed by atoms with Crippen molar-refractivity contribution in [3.8, 4) is 11.1 Å². The minimum Gasteiger partial charge on any atom is -0.481 e. The van der Waals surface area contributed by atoms with E-state index in [1.165, 1.54) is 4.90 Å². The van der Waals surface area contributed by atoms with Crippen molar-refractivity contribution in [3.63, 3.8) is 0 Å². The molecule has 1 heterocycles. The molecule has 40 heavy (non-hydrogen) atoms. The molecular formula is C32H34N2O6. The molecule has 2 N–H and O–H groups in total. The number of fused-ring (bicyclic) bond motifs is 3. The number of carbonyl (C=O) groups excluding carboxylic acids is 2. The molecule has 1 aliphatic carbocycles. The predicted octanol–water partition coefficient (Wildman–Crippen LogP) is 4.82. The lowest BCUT2D eigenvalue weighted by Crippen LogP contribution is -2.66. The predicted molar refractivity (Wildman–Crippen MR) is 150 cm³/mol. The number of likely N-dealkylation sites (tertiary alicyclic amines) is 1. The third-order valence-corrected chi connectivity index (χ3v) is 8.14. The van der Waals surface area contributed by atoms with Crippen LogP contribution in [0.3, 0.4) is 0 Å². The van der Waals surface area contributed by atoms with E-state index in [-0.39, 0.29) is 38.1 Å². The smallest absolute Gasteiger partial charge is 0.407 e. The number of nitrogens with zero attached hydrogens (tertiary/aromatic N) is 1. The molecule has 8 nitrogen and oxygen atoms in total. The highest BCUT2D eigenvalue weighted by Gasteiger charge is 2.51. The van der Waals surface area contributed by atoms with E-state index in [9.17, 15) is 19.5 Å². The molecule has 1 aliphatic heterocycles. The van der Waals surface area contributed by atoms with Crippen molar-refractivity contribution in [2.24, 2.45) is 5.41 Å². The van der Waals surface area contributed by atoms with Gasteiger partial charge in [0, 0.05) is 19.0 Å². The van der Waals surface area contributed by atoms with Crippen LogP contribution < -0.4 is 5.32 Å². The van der Waals surface area contributed by atoms with Crippen LogP contribution in [0.25, 0.3) is 11.1 Å². The average Bonchev–Trinajstić information content (AvgIpc) is 3.27. The Morgan fingerprint density at radius 1 is 0.950 bits per heavy atom. The molecule has 0 bridgehead atoms. The van der Waals surface area contributed by atoms with Gasteiger partial charge in [0.15, 0.2) is 0 Å². The van der Waals surface area contributed by atoms with Crippen LogP contribution in [0.5, 0.6) is 0 Å². The molecular weight excluding hydrogens is 508 g/mol. The van der Waals surface area contributed by atoms with Crippen LogP contribution in [0.15, 0.2) is 78.9 Å². The van der Waals surface area contributed by atoms with Gasteiger partial charge < -0.3 is 24.8 Å². The number of carbonyl (C=O) groups is 3. The summed E-state index contributed by atoms with van der Waals surface area (Å²) in [5.41, 5.74) is 4.40. The van der Waals surface area contributed by atoms with E-state index in [1.54, 1.807) is 13.8 Å². The summed E-state index contributed by atoms with van der Waals surface area (Å²) < 4.78 is 11.7. The fourth-order valence-corrected chi connectivity index (χ4v) is 5.59. The second-order valence-electron chi connectivity index (χ2n) is 10.6. The Kier molecular flexibility index (Phi) is 7.89. The van der Waals surface area contributed by atoms with Gasteiger partial charge in [-0.3, -0.25) is 9.59 Å². The van der Waals surface area contributed by atoms with E-state index in [1.807, 2.05) is 66.7 Å². The van der Waals surface area contributed by atoms with Gasteiger partial charge in [0.1, 0.15) is 18.1 Å². The van der Waals surface area contributed by atoms with Crippen LogP contribution in [-0.4, -0.2) is 59.8 Å². The monoisotopic (exact) mass is 542 g/mol. The number of carboxylic acids is 1. The van der Waals surface area contributed by atoms with Gasteiger partial charge in [0.2, 0.25) is 5.91 Å². The van der Waals surface area contributed by atoms with Gasteiger partial charge >= 0.3 is 12.1 Å². The van der Waals surface area contributed by atoms with Gasteiger partial charge in [-0.2, -0.15) is 0 Å². The Morgan fingerprint density at radius 2 is 1.52 bits per heavy atom. The minimum atomic E-state index is -1.04. The Balaban J connectivity index is 1.27. The van der Waals surface area contributed by atoms with Gasteiger partial charge in [0.25, 0.3) is 0 Å². The minimum absolute atomic E-state index is 0.0892. The number of ether oxygens (including phenoxy) is 2. The van der Waals surface area contributed by atoms with Gasteiger partial charge in [-0.05, 0) is 41.2 Å². The number of carboxylic acid groups (broad SMARTS) is 1. The lowest BCUT2D eigenvalue weighted by atomic mass is 9.77. The van der Waals surface area contributed by atoms with Crippen molar-refractivity contribution >= 4 is 18.0 Å². The molecule has 1 saturated heterocycles. The van der Waals surface area contributed by atoms with Crippen LogP contribution in [-0.2, 0) is 25.7 Å². The van der Waals surface area contributed by atoms with E-state index < -0.39 is 29.6 Å². The number of aliphatic carboxylic acids is 1. The normalized spacial score (nSPS) is 16.7. The quantitative estimate of drug-likeness (QED) is 0.381. The highest BCUT2D eigenvalue weighted by atomic mass is 16.5. The first kappa shape index (κ1) is 27.4. The number of nitrogens with one attached hydrogen (secondary N) is 1. The zero-order chi connectivity index (χ0) is 28.3. The van der Waals surface area contributed by atoms with Crippen molar-refractivity contribution in [1.29, 1.82) is 0 Å². The lowest BCUT2D eigenvalue weighted by Gasteiger charge is -2.48. The molecule has 2 aliphatic rings. The molecule has 2 amide bonds. The van der Waals surface area contributed by atoms with Gasteiger partial charge in [0.05, 0.1) is 12.7 Å². The van der Waals surface area contributed by atoms with Crippen molar-refractivity contribution in [3.05, 3.63) is 95.6 Å². The zero-order valence-electron chi connectivity index (χ0n) is 22.7. The van der Waals surface area contributed by atoms with Crippen LogP contribution in [0.2, 0.25) is 0 Å². The first-order valence-electron chi connectivity index (χ1n) is 13.6. The summed E-state index contributed by atoms with van der Waals surface area (Å²) in [5.74, 6) is -1.43. The maximum Gasteiger partial charge on any atom is 0.407 e. The third kappa shape index (κ3) is 5.31. The van der Waals surface area contributed by atoms with Gasteiger partial charge in [-0.15, -0.1) is 0 Å². The maximum atomic E-state index is 13.5. The van der Waals surface area contributed by atoms with Crippen LogP contribution in [0.4, 0.5) is 4.79 Å². The second-order valence-corrected chi connectivity index (χ2v) is 10.6. The number of hydrogen-bond donors (Lipinski definition) is 2. The zero-order valence-corrected chi connectivity index (χ0v) is 22.7. The number of hydrogen-bond acceptors (Lipinski definition) is 5. The molecule has 0 spiro atoms. The van der Waals surface area contributed by atoms with Crippen molar-refractivity contribution in [2.45, 2.75) is 44.9 Å². The van der Waals surface area contributed by atoms with Crippen molar-refractivity contribution in [2.75, 3.05) is 19.7 Å². The summed E-state index contributed by atoms with van der Waals surface area (Å²) in [5, 5.41) is 12.4. The van der Waals surface area contributed by atoms with E-state index in [2.05, 4.69) is 17.4 Å². The molecule has 8 heteroatoms. The first-order valence-corrected chi connectivity index (χ1v) is 13.6. The topological polar surface area (TPSA) is 105 Å². The number of alkyl carbamates (subject to hydrolysis) is 1. The molecule has 3 aromatic rings. The molecule has 0 radical (unpaired) electrons. The molecule has 0 aromatic heterocycles. The molecule has 2 atom stereocenters. The van der Waals surface area contributed by atoms with E-state index >= 15 is 0 Å².